The minimum absolute atomic E-state index is 0.0160. The van der Waals surface area contributed by atoms with E-state index in [4.69, 9.17) is 16.7 Å². The highest BCUT2D eigenvalue weighted by Crippen LogP contribution is 2.24. The number of carbonyl (C=O) groups excluding carboxylic acids is 1. The van der Waals surface area contributed by atoms with E-state index >= 15 is 0 Å². The van der Waals surface area contributed by atoms with E-state index < -0.39 is 5.97 Å². The third-order valence-corrected chi connectivity index (χ3v) is 3.70. The van der Waals surface area contributed by atoms with Crippen LogP contribution in [0.25, 0.3) is 0 Å². The van der Waals surface area contributed by atoms with Crippen LogP contribution in [0.4, 0.5) is 5.69 Å². The zero-order chi connectivity index (χ0) is 14.6. The Kier molecular flexibility index (Phi) is 5.26. The fraction of sp³-hybridized carbons (Fsp3) is 0.385. The van der Waals surface area contributed by atoms with Crippen molar-refractivity contribution in [3.8, 4) is 0 Å². The van der Waals surface area contributed by atoms with Crippen molar-refractivity contribution in [2.75, 3.05) is 11.1 Å². The molecule has 0 spiro atoms. The first kappa shape index (κ1) is 15.9. The molecule has 1 rings (SSSR count). The van der Waals surface area contributed by atoms with Gasteiger partial charge >= 0.3 is 5.97 Å². The van der Waals surface area contributed by atoms with Gasteiger partial charge in [0.1, 0.15) is 0 Å². The van der Waals surface area contributed by atoms with Crippen LogP contribution in [0.5, 0.6) is 0 Å². The molecule has 0 unspecified atom stereocenters. The number of carboxylic acids is 1. The van der Waals surface area contributed by atoms with E-state index in [-0.39, 0.29) is 21.2 Å². The minimum Gasteiger partial charge on any atom is -0.478 e. The summed E-state index contributed by atoms with van der Waals surface area (Å²) in [5.41, 5.74) is 0.512. The zero-order valence-corrected chi connectivity index (χ0v) is 12.6. The molecular weight excluding hydrogens is 286 g/mol. The summed E-state index contributed by atoms with van der Waals surface area (Å²) in [5.74, 6) is -0.896. The van der Waals surface area contributed by atoms with Crippen LogP contribution in [0.15, 0.2) is 18.2 Å². The molecule has 1 aromatic rings. The molecule has 0 aromatic heterocycles. The van der Waals surface area contributed by atoms with Gasteiger partial charge in [-0.2, -0.15) is 0 Å². The van der Waals surface area contributed by atoms with Crippen LogP contribution in [0.1, 0.15) is 31.1 Å². The van der Waals surface area contributed by atoms with E-state index in [1.54, 1.807) is 0 Å². The first-order valence-electron chi connectivity index (χ1n) is 5.66. The molecule has 6 heteroatoms. The van der Waals surface area contributed by atoms with E-state index in [0.717, 1.165) is 0 Å². The van der Waals surface area contributed by atoms with Crippen LogP contribution in [-0.2, 0) is 4.79 Å². The van der Waals surface area contributed by atoms with Crippen LogP contribution < -0.4 is 5.32 Å². The van der Waals surface area contributed by atoms with Crippen molar-refractivity contribution in [2.45, 2.75) is 25.5 Å². The SMILES string of the molecule is CC(C)(C)SCC(=O)Nc1ccc(C(=O)O)c(Cl)c1. The van der Waals surface area contributed by atoms with Gasteiger partial charge in [0, 0.05) is 10.4 Å². The number of carbonyl (C=O) groups is 2. The van der Waals surface area contributed by atoms with E-state index in [0.29, 0.717) is 11.4 Å². The number of halogens is 1. The molecule has 104 valence electrons. The lowest BCUT2D eigenvalue weighted by Gasteiger charge is -2.17. The van der Waals surface area contributed by atoms with E-state index in [2.05, 4.69) is 5.32 Å². The van der Waals surface area contributed by atoms with Gasteiger partial charge in [0.2, 0.25) is 5.91 Å². The molecule has 0 heterocycles. The van der Waals surface area contributed by atoms with E-state index in [1.807, 2.05) is 20.8 Å². The van der Waals surface area contributed by atoms with Gasteiger partial charge in [-0.1, -0.05) is 32.4 Å². The monoisotopic (exact) mass is 301 g/mol. The first-order valence-corrected chi connectivity index (χ1v) is 7.02. The number of hydrogen-bond donors (Lipinski definition) is 2. The van der Waals surface area contributed by atoms with Gasteiger partial charge in [0.05, 0.1) is 16.3 Å². The fourth-order valence-electron chi connectivity index (χ4n) is 1.25. The Morgan fingerprint density at radius 2 is 2.00 bits per heavy atom. The van der Waals surface area contributed by atoms with Crippen LogP contribution in [-0.4, -0.2) is 27.5 Å². The highest BCUT2D eigenvalue weighted by molar-refractivity contribution is 8.01. The molecule has 2 N–H and O–H groups in total. The zero-order valence-electron chi connectivity index (χ0n) is 11.0. The van der Waals surface area contributed by atoms with Gasteiger partial charge in [0.15, 0.2) is 0 Å². The van der Waals surface area contributed by atoms with Crippen LogP contribution in [0.2, 0.25) is 5.02 Å². The predicted molar refractivity (Wildman–Crippen MR) is 79.3 cm³/mol. The van der Waals surface area contributed by atoms with Gasteiger partial charge in [0.25, 0.3) is 0 Å². The predicted octanol–water partition coefficient (Wildman–Crippen LogP) is 3.51. The van der Waals surface area contributed by atoms with Crippen LogP contribution in [0, 0.1) is 0 Å². The topological polar surface area (TPSA) is 66.4 Å². The Hall–Kier alpha value is -1.20. The molecule has 0 fully saturated rings. The number of benzene rings is 1. The second kappa shape index (κ2) is 6.30. The van der Waals surface area contributed by atoms with Gasteiger partial charge in [-0.25, -0.2) is 4.79 Å². The molecule has 1 amide bonds. The van der Waals surface area contributed by atoms with E-state index in [9.17, 15) is 9.59 Å². The van der Waals surface area contributed by atoms with Crippen LogP contribution in [0.3, 0.4) is 0 Å². The summed E-state index contributed by atoms with van der Waals surface area (Å²) in [6.45, 7) is 6.09. The number of nitrogens with one attached hydrogen (secondary N) is 1. The summed E-state index contributed by atoms with van der Waals surface area (Å²) in [5, 5.41) is 11.6. The fourth-order valence-corrected chi connectivity index (χ4v) is 2.14. The summed E-state index contributed by atoms with van der Waals surface area (Å²) < 4.78 is 0.0160. The number of amides is 1. The summed E-state index contributed by atoms with van der Waals surface area (Å²) in [6.07, 6.45) is 0. The maximum atomic E-state index is 11.7. The molecule has 0 atom stereocenters. The number of aromatic carboxylic acids is 1. The standard InChI is InChI=1S/C13H16ClNO3S/c1-13(2,3)19-7-11(16)15-8-4-5-9(12(17)18)10(14)6-8/h4-6H,7H2,1-3H3,(H,15,16)(H,17,18). The molecule has 0 aliphatic heterocycles. The number of rotatable bonds is 4. The van der Waals surface area contributed by atoms with Gasteiger partial charge in [-0.3, -0.25) is 4.79 Å². The molecular formula is C13H16ClNO3S. The number of thioether (sulfide) groups is 1. The average Bonchev–Trinajstić information content (AvgIpc) is 2.25. The molecule has 0 aliphatic carbocycles. The molecule has 4 nitrogen and oxygen atoms in total. The molecule has 0 saturated heterocycles. The largest absolute Gasteiger partial charge is 0.478 e. The minimum atomic E-state index is -1.09. The number of carboxylic acid groups (broad SMARTS) is 1. The van der Waals surface area contributed by atoms with Gasteiger partial charge in [-0.05, 0) is 18.2 Å². The normalized spacial score (nSPS) is 11.2. The summed E-state index contributed by atoms with van der Waals surface area (Å²) in [4.78, 5) is 22.5. The van der Waals surface area contributed by atoms with Crippen molar-refractivity contribution in [3.05, 3.63) is 28.8 Å². The second-order valence-corrected chi connectivity index (χ2v) is 7.16. The van der Waals surface area contributed by atoms with Crippen molar-refractivity contribution in [3.63, 3.8) is 0 Å². The molecule has 0 radical (unpaired) electrons. The lowest BCUT2D eigenvalue weighted by molar-refractivity contribution is -0.113. The second-order valence-electron chi connectivity index (χ2n) is 4.95. The Labute approximate surface area is 121 Å². The van der Waals surface area contributed by atoms with Crippen molar-refractivity contribution in [2.24, 2.45) is 0 Å². The third-order valence-electron chi connectivity index (χ3n) is 2.12. The molecule has 19 heavy (non-hydrogen) atoms. The Balaban J connectivity index is 2.65. The number of anilines is 1. The Morgan fingerprint density at radius 1 is 1.37 bits per heavy atom. The van der Waals surface area contributed by atoms with Crippen molar-refractivity contribution >= 4 is 40.9 Å². The quantitative estimate of drug-likeness (QED) is 0.893. The summed E-state index contributed by atoms with van der Waals surface area (Å²) >= 11 is 7.35. The average molecular weight is 302 g/mol. The molecule has 0 saturated carbocycles. The lowest BCUT2D eigenvalue weighted by Crippen LogP contribution is -2.19. The van der Waals surface area contributed by atoms with Gasteiger partial charge < -0.3 is 10.4 Å². The van der Waals surface area contributed by atoms with Crippen molar-refractivity contribution < 1.29 is 14.7 Å². The first-order chi connectivity index (χ1) is 8.69. The van der Waals surface area contributed by atoms with Crippen LogP contribution >= 0.6 is 23.4 Å². The third kappa shape index (κ3) is 5.53. The Morgan fingerprint density at radius 3 is 2.47 bits per heavy atom. The number of hydrogen-bond acceptors (Lipinski definition) is 3. The maximum Gasteiger partial charge on any atom is 0.337 e. The molecule has 0 bridgehead atoms. The van der Waals surface area contributed by atoms with Crippen molar-refractivity contribution in [1.29, 1.82) is 0 Å². The maximum absolute atomic E-state index is 11.7. The highest BCUT2D eigenvalue weighted by Gasteiger charge is 2.14. The summed E-state index contributed by atoms with van der Waals surface area (Å²) in [7, 11) is 0. The summed E-state index contributed by atoms with van der Waals surface area (Å²) in [6, 6.07) is 4.33. The Bertz CT molecular complexity index is 497. The lowest BCUT2D eigenvalue weighted by atomic mass is 10.2. The molecule has 1 aromatic carbocycles. The van der Waals surface area contributed by atoms with E-state index in [1.165, 1.54) is 30.0 Å². The van der Waals surface area contributed by atoms with Gasteiger partial charge in [-0.15, -0.1) is 11.8 Å². The smallest absolute Gasteiger partial charge is 0.337 e. The highest BCUT2D eigenvalue weighted by atomic mass is 35.5. The van der Waals surface area contributed by atoms with Crippen molar-refractivity contribution in [1.82, 2.24) is 0 Å². The molecule has 0 aliphatic rings.